The Balaban J connectivity index is 1.53. The van der Waals surface area contributed by atoms with E-state index in [1.54, 1.807) is 25.3 Å². The lowest BCUT2D eigenvalue weighted by Gasteiger charge is -2.21. The first-order valence-corrected chi connectivity index (χ1v) is 8.62. The molecule has 3 atom stereocenters. The summed E-state index contributed by atoms with van der Waals surface area (Å²) in [7, 11) is 0. The van der Waals surface area contributed by atoms with E-state index in [-0.39, 0.29) is 13.0 Å². The molecular weight excluding hydrogens is 350 g/mol. The van der Waals surface area contributed by atoms with Gasteiger partial charge in [0.15, 0.2) is 0 Å². The van der Waals surface area contributed by atoms with Gasteiger partial charge in [0.2, 0.25) is 12.2 Å². The van der Waals surface area contributed by atoms with E-state index < -0.39 is 36.2 Å². The maximum Gasteiger partial charge on any atom is 0.310 e. The largest absolute Gasteiger partial charge is 0.433 e. The maximum absolute atomic E-state index is 12.4. The second kappa shape index (κ2) is 8.50. The summed E-state index contributed by atoms with van der Waals surface area (Å²) in [5, 5.41) is 5.30. The summed E-state index contributed by atoms with van der Waals surface area (Å²) in [5.41, 5.74) is 1.29. The van der Waals surface area contributed by atoms with Crippen molar-refractivity contribution in [1.29, 1.82) is 0 Å². The van der Waals surface area contributed by atoms with E-state index in [0.29, 0.717) is 5.69 Å². The van der Waals surface area contributed by atoms with E-state index in [1.165, 1.54) is 0 Å². The van der Waals surface area contributed by atoms with Crippen LogP contribution in [-0.4, -0.2) is 41.1 Å². The monoisotopic (exact) mass is 371 g/mol. The molecule has 8 nitrogen and oxygen atoms in total. The van der Waals surface area contributed by atoms with E-state index in [2.05, 4.69) is 15.6 Å². The molecule has 142 valence electrons. The second-order valence-corrected chi connectivity index (χ2v) is 6.25. The lowest BCUT2D eigenvalue weighted by molar-refractivity contribution is -0.168. The van der Waals surface area contributed by atoms with Crippen LogP contribution in [0.3, 0.4) is 0 Å². The average Bonchev–Trinajstić information content (AvgIpc) is 3.31. The number of carbonyl (C=O) groups is 3. The lowest BCUT2D eigenvalue weighted by atomic mass is 10.2. The van der Waals surface area contributed by atoms with Crippen LogP contribution in [0, 0.1) is 0 Å². The van der Waals surface area contributed by atoms with Gasteiger partial charge in [0.25, 0.3) is 5.91 Å². The number of hydrogen-bond acceptors (Lipinski definition) is 5. The number of carbonyl (C=O) groups excluding carboxylic acids is 3. The Bertz CT molecular complexity index is 791. The van der Waals surface area contributed by atoms with Crippen LogP contribution in [0.4, 0.5) is 0 Å². The number of aromatic amines is 1. The number of nitrogens with one attached hydrogen (secondary N) is 3. The minimum Gasteiger partial charge on any atom is -0.433 e. The van der Waals surface area contributed by atoms with Crippen molar-refractivity contribution in [2.45, 2.75) is 38.3 Å². The van der Waals surface area contributed by atoms with Crippen molar-refractivity contribution < 1.29 is 23.9 Å². The molecule has 1 fully saturated rings. The first-order valence-electron chi connectivity index (χ1n) is 8.62. The number of H-pyrrole nitrogens is 1. The van der Waals surface area contributed by atoms with Crippen LogP contribution in [0.25, 0.3) is 0 Å². The number of hydrogen-bond donors (Lipinski definition) is 3. The topological polar surface area (TPSA) is 110 Å². The van der Waals surface area contributed by atoms with Crippen LogP contribution < -0.4 is 10.6 Å². The highest BCUT2D eigenvalue weighted by atomic mass is 16.7. The highest BCUT2D eigenvalue weighted by molar-refractivity contribution is 5.96. The quantitative estimate of drug-likeness (QED) is 0.632. The Hall–Kier alpha value is -3.13. The third-order valence-corrected chi connectivity index (χ3v) is 4.13. The van der Waals surface area contributed by atoms with Crippen molar-refractivity contribution in [3.8, 4) is 0 Å². The summed E-state index contributed by atoms with van der Waals surface area (Å²) in [6.45, 7) is 1.82. The van der Waals surface area contributed by atoms with Crippen LogP contribution in [0.2, 0.25) is 0 Å². The molecule has 2 aromatic rings. The molecule has 8 heteroatoms. The molecule has 1 aromatic carbocycles. The van der Waals surface area contributed by atoms with Gasteiger partial charge in [0.05, 0.1) is 13.0 Å². The van der Waals surface area contributed by atoms with Crippen molar-refractivity contribution in [2.75, 3.05) is 0 Å². The van der Waals surface area contributed by atoms with Gasteiger partial charge in [0.1, 0.15) is 17.8 Å². The van der Waals surface area contributed by atoms with Crippen molar-refractivity contribution in [3.05, 3.63) is 59.9 Å². The minimum atomic E-state index is -0.868. The molecule has 1 saturated heterocycles. The maximum atomic E-state index is 12.4. The second-order valence-electron chi connectivity index (χ2n) is 6.25. The molecule has 1 aliphatic heterocycles. The predicted molar refractivity (Wildman–Crippen MR) is 95.4 cm³/mol. The number of rotatable bonds is 7. The number of amides is 2. The van der Waals surface area contributed by atoms with Crippen molar-refractivity contribution in [2.24, 2.45) is 0 Å². The van der Waals surface area contributed by atoms with Crippen molar-refractivity contribution in [1.82, 2.24) is 15.6 Å². The summed E-state index contributed by atoms with van der Waals surface area (Å²) in [5.74, 6) is -1.26. The molecule has 0 unspecified atom stereocenters. The fraction of sp³-hybridized carbons (Fsp3) is 0.316. The highest BCUT2D eigenvalue weighted by Gasteiger charge is 2.37. The van der Waals surface area contributed by atoms with E-state index >= 15 is 0 Å². The molecule has 3 rings (SSSR count). The van der Waals surface area contributed by atoms with E-state index in [1.807, 2.05) is 30.3 Å². The van der Waals surface area contributed by atoms with Gasteiger partial charge in [-0.3, -0.25) is 14.4 Å². The molecule has 2 heterocycles. The predicted octanol–water partition coefficient (Wildman–Crippen LogP) is 1.11. The van der Waals surface area contributed by atoms with Gasteiger partial charge in [-0.25, -0.2) is 0 Å². The highest BCUT2D eigenvalue weighted by Crippen LogP contribution is 2.18. The van der Waals surface area contributed by atoms with E-state index in [0.717, 1.165) is 5.56 Å². The van der Waals surface area contributed by atoms with Gasteiger partial charge in [-0.2, -0.15) is 0 Å². The lowest BCUT2D eigenvalue weighted by Crippen LogP contribution is -2.50. The molecule has 27 heavy (non-hydrogen) atoms. The molecule has 2 amide bonds. The molecule has 0 radical (unpaired) electrons. The SMILES string of the molecule is C[C@@H](NC(=O)c1ccc[nH]1)C(=O)N[C@H]1CC(=O)O[C@@H]1OCc1ccccc1. The van der Waals surface area contributed by atoms with Crippen molar-refractivity contribution in [3.63, 3.8) is 0 Å². The number of aromatic nitrogens is 1. The standard InChI is InChI=1S/C19H21N3O5/c1-12(21-18(25)14-8-5-9-20-14)17(24)22-15-10-16(23)27-19(15)26-11-13-6-3-2-4-7-13/h2-9,12,15,19-20H,10-11H2,1H3,(H,21,25)(H,22,24)/t12-,15+,19+/m1/s1. The van der Waals surface area contributed by atoms with Gasteiger partial charge in [-0.1, -0.05) is 30.3 Å². The fourth-order valence-corrected chi connectivity index (χ4v) is 2.68. The molecule has 0 bridgehead atoms. The van der Waals surface area contributed by atoms with Gasteiger partial charge >= 0.3 is 5.97 Å². The van der Waals surface area contributed by atoms with Gasteiger partial charge in [-0.15, -0.1) is 0 Å². The van der Waals surface area contributed by atoms with Crippen molar-refractivity contribution >= 4 is 17.8 Å². The Morgan fingerprint density at radius 2 is 2.04 bits per heavy atom. The molecule has 3 N–H and O–H groups in total. The molecule has 0 spiro atoms. The van der Waals surface area contributed by atoms with Crippen LogP contribution in [0.1, 0.15) is 29.4 Å². The Morgan fingerprint density at radius 3 is 2.74 bits per heavy atom. The molecule has 0 aliphatic carbocycles. The Labute approximate surface area is 156 Å². The molecular formula is C19H21N3O5. The summed E-state index contributed by atoms with van der Waals surface area (Å²) in [4.78, 5) is 38.8. The number of benzene rings is 1. The summed E-state index contributed by atoms with van der Waals surface area (Å²) >= 11 is 0. The third-order valence-electron chi connectivity index (χ3n) is 4.13. The summed E-state index contributed by atoms with van der Waals surface area (Å²) < 4.78 is 10.8. The first-order chi connectivity index (χ1) is 13.0. The minimum absolute atomic E-state index is 0.0164. The van der Waals surface area contributed by atoms with Gasteiger partial charge < -0.3 is 25.1 Å². The number of cyclic esters (lactones) is 1. The third kappa shape index (κ3) is 4.95. The zero-order valence-electron chi connectivity index (χ0n) is 14.8. The summed E-state index contributed by atoms with van der Waals surface area (Å²) in [6.07, 6.45) is 0.770. The van der Waals surface area contributed by atoms with Gasteiger partial charge in [0, 0.05) is 6.20 Å². The van der Waals surface area contributed by atoms with Crippen LogP contribution in [-0.2, 0) is 25.7 Å². The van der Waals surface area contributed by atoms with E-state index in [4.69, 9.17) is 9.47 Å². The first kappa shape index (κ1) is 18.7. The molecule has 1 aliphatic rings. The zero-order valence-corrected chi connectivity index (χ0v) is 14.8. The van der Waals surface area contributed by atoms with Crippen LogP contribution in [0.5, 0.6) is 0 Å². The van der Waals surface area contributed by atoms with Crippen LogP contribution in [0.15, 0.2) is 48.7 Å². The molecule has 0 saturated carbocycles. The number of esters is 1. The van der Waals surface area contributed by atoms with Crippen LogP contribution >= 0.6 is 0 Å². The number of ether oxygens (including phenoxy) is 2. The fourth-order valence-electron chi connectivity index (χ4n) is 2.68. The normalized spacial score (nSPS) is 20.0. The Morgan fingerprint density at radius 1 is 1.26 bits per heavy atom. The smallest absolute Gasteiger partial charge is 0.310 e. The average molecular weight is 371 g/mol. The van der Waals surface area contributed by atoms with Gasteiger partial charge in [-0.05, 0) is 24.6 Å². The Kier molecular flexibility index (Phi) is 5.87. The van der Waals surface area contributed by atoms with E-state index in [9.17, 15) is 14.4 Å². The molecule has 1 aromatic heterocycles. The summed E-state index contributed by atoms with van der Waals surface area (Å²) in [6, 6.07) is 11.3. The zero-order chi connectivity index (χ0) is 19.2.